The van der Waals surface area contributed by atoms with E-state index in [1.165, 1.54) is 25.4 Å². The Bertz CT molecular complexity index is 1120. The summed E-state index contributed by atoms with van der Waals surface area (Å²) in [6, 6.07) is 18.9. The van der Waals surface area contributed by atoms with Gasteiger partial charge in [-0.05, 0) is 19.4 Å². The minimum Gasteiger partial charge on any atom is -0.370 e. The van der Waals surface area contributed by atoms with Crippen molar-refractivity contribution in [2.75, 3.05) is 17.6 Å². The minimum atomic E-state index is 0.792. The van der Waals surface area contributed by atoms with Crippen molar-refractivity contribution < 1.29 is 0 Å². The van der Waals surface area contributed by atoms with E-state index in [1.54, 1.807) is 0 Å². The number of rotatable bonds is 3. The lowest BCUT2D eigenvalue weighted by atomic mass is 10.1. The van der Waals surface area contributed by atoms with Crippen molar-refractivity contribution in [3.05, 3.63) is 60.2 Å². The Morgan fingerprint density at radius 2 is 1.81 bits per heavy atom. The third kappa shape index (κ3) is 2.91. The Morgan fingerprint density at radius 1 is 1.00 bits per heavy atom. The molecule has 0 unspecified atom stereocenters. The molecule has 3 nitrogen and oxygen atoms in total. The fraction of sp³-hybridized carbons (Fsp3) is 0.182. The number of hydrogen-bond donors (Lipinski definition) is 1. The summed E-state index contributed by atoms with van der Waals surface area (Å²) in [4.78, 5) is 12.6. The Kier molecular flexibility index (Phi) is 4.34. The van der Waals surface area contributed by atoms with Crippen LogP contribution in [0.5, 0.6) is 0 Å². The quantitative estimate of drug-likeness (QED) is 0.459. The van der Waals surface area contributed by atoms with E-state index in [2.05, 4.69) is 48.6 Å². The molecule has 0 spiro atoms. The summed E-state index contributed by atoms with van der Waals surface area (Å²) >= 11 is 3.79. The first-order valence-electron chi connectivity index (χ1n) is 9.20. The van der Waals surface area contributed by atoms with E-state index < -0.39 is 0 Å². The van der Waals surface area contributed by atoms with Gasteiger partial charge in [-0.25, -0.2) is 9.97 Å². The molecule has 1 N–H and O–H groups in total. The third-order valence-electron chi connectivity index (χ3n) is 4.75. The first-order valence-corrected chi connectivity index (χ1v) is 11.0. The van der Waals surface area contributed by atoms with Crippen LogP contribution >= 0.6 is 23.1 Å². The van der Waals surface area contributed by atoms with E-state index in [9.17, 15) is 0 Å². The minimum absolute atomic E-state index is 0.792. The first kappa shape index (κ1) is 16.8. The zero-order chi connectivity index (χ0) is 18.2. The van der Waals surface area contributed by atoms with Crippen molar-refractivity contribution in [2.24, 2.45) is 0 Å². The molecule has 1 aliphatic rings. The highest BCUT2D eigenvalue weighted by Crippen LogP contribution is 2.48. The summed E-state index contributed by atoms with van der Waals surface area (Å²) in [5.41, 5.74) is 3.40. The predicted octanol–water partition coefficient (Wildman–Crippen LogP) is 6.11. The van der Waals surface area contributed by atoms with Crippen LogP contribution in [0.1, 0.15) is 12.5 Å². The molecule has 3 heterocycles. The Morgan fingerprint density at radius 3 is 2.67 bits per heavy atom. The average molecular weight is 390 g/mol. The van der Waals surface area contributed by atoms with E-state index in [4.69, 9.17) is 9.97 Å². The van der Waals surface area contributed by atoms with Gasteiger partial charge >= 0.3 is 0 Å². The second-order valence-electron chi connectivity index (χ2n) is 6.47. The third-order valence-corrected chi connectivity index (χ3v) is 7.17. The largest absolute Gasteiger partial charge is 0.370 e. The fourth-order valence-electron chi connectivity index (χ4n) is 3.51. The van der Waals surface area contributed by atoms with Gasteiger partial charge in [0.25, 0.3) is 0 Å². The number of hydrogen-bond acceptors (Lipinski definition) is 5. The predicted molar refractivity (Wildman–Crippen MR) is 117 cm³/mol. The Hall–Kier alpha value is -2.37. The highest BCUT2D eigenvalue weighted by Gasteiger charge is 2.25. The molecule has 0 aliphatic carbocycles. The number of anilines is 1. The molecule has 0 radical (unpaired) electrons. The summed E-state index contributed by atoms with van der Waals surface area (Å²) in [7, 11) is 0. The first-order chi connectivity index (χ1) is 13.3. The zero-order valence-corrected chi connectivity index (χ0v) is 16.7. The van der Waals surface area contributed by atoms with Crippen molar-refractivity contribution in [1.29, 1.82) is 0 Å². The van der Waals surface area contributed by atoms with E-state index in [-0.39, 0.29) is 0 Å². The molecule has 0 saturated carbocycles. The molecule has 134 valence electrons. The molecule has 2 aromatic heterocycles. The molecule has 0 saturated heterocycles. The number of benzene rings is 2. The SMILES string of the molecule is CCNc1nc(-c2ccccc2)nc2c1CCSc1c-2sc2ccccc12. The van der Waals surface area contributed by atoms with Crippen LogP contribution in [0, 0.1) is 0 Å². The molecule has 5 heteroatoms. The summed E-state index contributed by atoms with van der Waals surface area (Å²) in [5.74, 6) is 2.82. The van der Waals surface area contributed by atoms with Crippen molar-refractivity contribution >= 4 is 39.0 Å². The van der Waals surface area contributed by atoms with Crippen molar-refractivity contribution in [3.8, 4) is 22.0 Å². The van der Waals surface area contributed by atoms with Gasteiger partial charge in [-0.15, -0.1) is 23.1 Å². The van der Waals surface area contributed by atoms with Gasteiger partial charge in [0.2, 0.25) is 0 Å². The number of fused-ring (bicyclic) bond motifs is 5. The molecule has 1 aliphatic heterocycles. The molecule has 0 bridgehead atoms. The molecule has 0 amide bonds. The van der Waals surface area contributed by atoms with Crippen molar-refractivity contribution in [1.82, 2.24) is 9.97 Å². The molecular formula is C22H19N3S2. The van der Waals surface area contributed by atoms with Gasteiger partial charge in [-0.3, -0.25) is 0 Å². The standard InChI is InChI=1S/C22H19N3S2/c1-2-23-22-16-12-13-26-19-15-10-6-7-11-17(15)27-20(19)18(16)24-21(25-22)14-8-4-3-5-9-14/h3-11H,2,12-13H2,1H3,(H,23,24,25). The summed E-state index contributed by atoms with van der Waals surface area (Å²) in [6.45, 7) is 2.97. The van der Waals surface area contributed by atoms with E-state index in [0.717, 1.165) is 41.6 Å². The molecule has 5 rings (SSSR count). The Balaban J connectivity index is 1.79. The van der Waals surface area contributed by atoms with Crippen LogP contribution in [0.4, 0.5) is 5.82 Å². The summed E-state index contributed by atoms with van der Waals surface area (Å²) < 4.78 is 1.33. The number of thiophene rings is 1. The number of thioether (sulfide) groups is 1. The second kappa shape index (κ2) is 6.98. The van der Waals surface area contributed by atoms with Crippen molar-refractivity contribution in [3.63, 3.8) is 0 Å². The fourth-order valence-corrected chi connectivity index (χ4v) is 6.07. The molecule has 27 heavy (non-hydrogen) atoms. The topological polar surface area (TPSA) is 37.8 Å². The molecule has 4 aromatic rings. The lowest BCUT2D eigenvalue weighted by Gasteiger charge is -2.14. The molecular weight excluding hydrogens is 370 g/mol. The van der Waals surface area contributed by atoms with Crippen LogP contribution in [-0.4, -0.2) is 22.3 Å². The van der Waals surface area contributed by atoms with E-state index >= 15 is 0 Å². The van der Waals surface area contributed by atoms with Crippen LogP contribution in [0.15, 0.2) is 59.5 Å². The van der Waals surface area contributed by atoms with Gasteiger partial charge in [0.05, 0.1) is 10.6 Å². The number of nitrogens with zero attached hydrogens (tertiary/aromatic N) is 2. The van der Waals surface area contributed by atoms with E-state index in [1.807, 2.05) is 41.3 Å². The molecule has 0 atom stereocenters. The van der Waals surface area contributed by atoms with E-state index in [0.29, 0.717) is 0 Å². The van der Waals surface area contributed by atoms with Gasteiger partial charge < -0.3 is 5.32 Å². The highest BCUT2D eigenvalue weighted by atomic mass is 32.2. The highest BCUT2D eigenvalue weighted by molar-refractivity contribution is 7.99. The van der Waals surface area contributed by atoms with Crippen LogP contribution in [0.3, 0.4) is 0 Å². The summed E-state index contributed by atoms with van der Waals surface area (Å²) in [5, 5.41) is 4.83. The summed E-state index contributed by atoms with van der Waals surface area (Å²) in [6.07, 6.45) is 0.979. The lowest BCUT2D eigenvalue weighted by molar-refractivity contribution is 1.05. The lowest BCUT2D eigenvalue weighted by Crippen LogP contribution is -2.08. The monoisotopic (exact) mass is 389 g/mol. The van der Waals surface area contributed by atoms with Gasteiger partial charge in [0.15, 0.2) is 5.82 Å². The maximum absolute atomic E-state index is 5.07. The van der Waals surface area contributed by atoms with Gasteiger partial charge in [0, 0.05) is 38.4 Å². The zero-order valence-electron chi connectivity index (χ0n) is 15.0. The van der Waals surface area contributed by atoms with Gasteiger partial charge in [-0.1, -0.05) is 48.5 Å². The number of aromatic nitrogens is 2. The van der Waals surface area contributed by atoms with Gasteiger partial charge in [0.1, 0.15) is 5.82 Å². The molecule has 0 fully saturated rings. The van der Waals surface area contributed by atoms with Crippen LogP contribution < -0.4 is 5.32 Å². The van der Waals surface area contributed by atoms with Crippen LogP contribution in [-0.2, 0) is 6.42 Å². The van der Waals surface area contributed by atoms with Crippen LogP contribution in [0.25, 0.3) is 32.0 Å². The molecule has 2 aromatic carbocycles. The normalized spacial score (nSPS) is 13.1. The number of nitrogens with one attached hydrogen (secondary N) is 1. The smallest absolute Gasteiger partial charge is 0.162 e. The maximum Gasteiger partial charge on any atom is 0.162 e. The van der Waals surface area contributed by atoms with Gasteiger partial charge in [-0.2, -0.15) is 0 Å². The van der Waals surface area contributed by atoms with Crippen molar-refractivity contribution in [2.45, 2.75) is 18.2 Å². The average Bonchev–Trinajstić information content (AvgIpc) is 2.98. The van der Waals surface area contributed by atoms with Crippen LogP contribution in [0.2, 0.25) is 0 Å². The Labute approximate surface area is 166 Å². The second-order valence-corrected chi connectivity index (χ2v) is 8.63. The maximum atomic E-state index is 5.07.